The second-order valence-corrected chi connectivity index (χ2v) is 14.7. The van der Waals surface area contributed by atoms with Gasteiger partial charge in [0.05, 0.1) is 34.4 Å². The Morgan fingerprint density at radius 1 is 0.356 bits per heavy atom. The van der Waals surface area contributed by atoms with Crippen molar-refractivity contribution in [3.63, 3.8) is 0 Å². The van der Waals surface area contributed by atoms with Gasteiger partial charge in [-0.3, -0.25) is 0 Å². The maximum atomic E-state index is 9.75. The molecule has 0 spiro atoms. The normalized spacial score (nSPS) is 12.2. The van der Waals surface area contributed by atoms with Gasteiger partial charge in [0, 0.05) is 33.8 Å². The summed E-state index contributed by atoms with van der Waals surface area (Å²) < 4.78 is 0. The van der Waals surface area contributed by atoms with Crippen LogP contribution in [-0.2, 0) is 5.41 Å². The van der Waals surface area contributed by atoms with Crippen LogP contribution in [-0.4, -0.2) is 0 Å². The molecular formula is C55H36N4. The van der Waals surface area contributed by atoms with E-state index in [2.05, 4.69) is 192 Å². The molecule has 0 saturated heterocycles. The molecule has 1 aliphatic carbocycles. The summed E-state index contributed by atoms with van der Waals surface area (Å²) in [4.78, 5) is 4.59. The molecule has 9 aromatic carbocycles. The molecule has 0 aliphatic heterocycles. The molecule has 10 rings (SSSR count). The van der Waals surface area contributed by atoms with Crippen molar-refractivity contribution in [2.75, 3.05) is 9.80 Å². The zero-order chi connectivity index (χ0) is 39.8. The third kappa shape index (κ3) is 5.83. The van der Waals surface area contributed by atoms with Gasteiger partial charge in [0.25, 0.3) is 0 Å². The van der Waals surface area contributed by atoms with Crippen molar-refractivity contribution in [1.82, 2.24) is 0 Å². The minimum absolute atomic E-state index is 0.589. The second kappa shape index (κ2) is 14.7. The summed E-state index contributed by atoms with van der Waals surface area (Å²) in [5.74, 6) is 0. The number of nitrogens with zero attached hydrogens (tertiary/aromatic N) is 4. The van der Waals surface area contributed by atoms with Gasteiger partial charge in [0.15, 0.2) is 0 Å². The summed E-state index contributed by atoms with van der Waals surface area (Å²) in [5.41, 5.74) is 13.6. The topological polar surface area (TPSA) is 54.1 Å². The van der Waals surface area contributed by atoms with Crippen LogP contribution in [0.2, 0.25) is 0 Å². The highest BCUT2D eigenvalue weighted by molar-refractivity contribution is 6.11. The van der Waals surface area contributed by atoms with Gasteiger partial charge in [0.1, 0.15) is 0 Å². The van der Waals surface area contributed by atoms with E-state index in [1.807, 2.05) is 48.5 Å². The fraction of sp³-hybridized carbons (Fsp3) is 0.0182. The smallest absolute Gasteiger partial charge is 0.0991 e. The highest BCUT2D eigenvalue weighted by Crippen LogP contribution is 2.60. The Morgan fingerprint density at radius 2 is 0.780 bits per heavy atom. The number of para-hydroxylation sites is 2. The van der Waals surface area contributed by atoms with Crippen molar-refractivity contribution in [2.24, 2.45) is 0 Å². The van der Waals surface area contributed by atoms with Gasteiger partial charge in [-0.15, -0.1) is 0 Å². The number of fused-ring (bicyclic) bond motifs is 5. The van der Waals surface area contributed by atoms with Crippen molar-refractivity contribution in [3.05, 3.63) is 252 Å². The van der Waals surface area contributed by atoms with Gasteiger partial charge in [-0.05, 0) is 130 Å². The third-order valence-corrected chi connectivity index (χ3v) is 11.6. The van der Waals surface area contributed by atoms with Crippen LogP contribution < -0.4 is 9.80 Å². The average molecular weight is 753 g/mol. The van der Waals surface area contributed by atoms with E-state index in [1.165, 1.54) is 33.4 Å². The van der Waals surface area contributed by atoms with E-state index < -0.39 is 5.41 Å². The van der Waals surface area contributed by atoms with Crippen molar-refractivity contribution in [1.29, 1.82) is 10.5 Å². The molecule has 4 nitrogen and oxygen atoms in total. The van der Waals surface area contributed by atoms with Gasteiger partial charge in [0.2, 0.25) is 0 Å². The zero-order valence-electron chi connectivity index (χ0n) is 32.1. The van der Waals surface area contributed by atoms with E-state index in [1.54, 1.807) is 0 Å². The van der Waals surface area contributed by atoms with Gasteiger partial charge >= 0.3 is 0 Å². The number of rotatable bonds is 8. The molecule has 0 saturated carbocycles. The minimum atomic E-state index is -0.720. The summed E-state index contributed by atoms with van der Waals surface area (Å²) in [7, 11) is 0. The van der Waals surface area contributed by atoms with Crippen molar-refractivity contribution in [2.45, 2.75) is 5.41 Å². The Hall–Kier alpha value is -8.18. The molecule has 276 valence electrons. The first kappa shape index (κ1) is 35.2. The Kier molecular flexibility index (Phi) is 8.79. The lowest BCUT2D eigenvalue weighted by Gasteiger charge is -2.36. The molecule has 0 N–H and O–H groups in total. The Bertz CT molecular complexity index is 2900. The fourth-order valence-electron chi connectivity index (χ4n) is 9.04. The lowest BCUT2D eigenvalue weighted by molar-refractivity contribution is 0.769. The van der Waals surface area contributed by atoms with Crippen LogP contribution in [0.25, 0.3) is 21.9 Å². The summed E-state index contributed by atoms with van der Waals surface area (Å²) in [5, 5.41) is 21.7. The zero-order valence-corrected chi connectivity index (χ0v) is 32.1. The quantitative estimate of drug-likeness (QED) is 0.155. The third-order valence-electron chi connectivity index (χ3n) is 11.6. The van der Waals surface area contributed by atoms with Gasteiger partial charge in [-0.2, -0.15) is 10.5 Å². The number of hydrogen-bond acceptors (Lipinski definition) is 4. The molecular weight excluding hydrogens is 717 g/mol. The van der Waals surface area contributed by atoms with E-state index in [4.69, 9.17) is 0 Å². The second-order valence-electron chi connectivity index (χ2n) is 14.7. The maximum Gasteiger partial charge on any atom is 0.0991 e. The summed E-state index contributed by atoms with van der Waals surface area (Å²) in [6.07, 6.45) is 0. The largest absolute Gasteiger partial charge is 0.310 e. The van der Waals surface area contributed by atoms with Crippen molar-refractivity contribution >= 4 is 44.9 Å². The lowest BCUT2D eigenvalue weighted by atomic mass is 9.67. The standard InChI is InChI=1S/C55H36N4/c56-37-39-25-29-45(30-26-39)59(46-31-27-40(38-57)28-32-46)53-36-52-54(49-24-14-13-23-48(49)53)50-34-33-47(58(43-19-9-3-10-20-43)44-21-11-4-12-22-44)35-51(50)55(52,41-15-5-1-6-16-41)42-17-7-2-8-18-42/h1-36H. The molecule has 0 atom stereocenters. The van der Waals surface area contributed by atoms with Crippen molar-refractivity contribution < 1.29 is 0 Å². The monoisotopic (exact) mass is 752 g/mol. The van der Waals surface area contributed by atoms with Gasteiger partial charge in [-0.1, -0.05) is 127 Å². The van der Waals surface area contributed by atoms with Gasteiger partial charge < -0.3 is 9.80 Å². The molecule has 1 aliphatic rings. The van der Waals surface area contributed by atoms with E-state index in [9.17, 15) is 10.5 Å². The van der Waals surface area contributed by atoms with Crippen LogP contribution in [0.4, 0.5) is 34.1 Å². The predicted molar refractivity (Wildman–Crippen MR) is 240 cm³/mol. The molecule has 0 aromatic heterocycles. The van der Waals surface area contributed by atoms with Crippen LogP contribution in [0.15, 0.2) is 218 Å². The minimum Gasteiger partial charge on any atom is -0.310 e. The van der Waals surface area contributed by atoms with E-state index in [0.717, 1.165) is 44.9 Å². The van der Waals surface area contributed by atoms with Crippen LogP contribution >= 0.6 is 0 Å². The van der Waals surface area contributed by atoms with E-state index >= 15 is 0 Å². The van der Waals surface area contributed by atoms with Crippen LogP contribution in [0, 0.1) is 22.7 Å². The number of anilines is 6. The lowest BCUT2D eigenvalue weighted by Crippen LogP contribution is -2.29. The van der Waals surface area contributed by atoms with Crippen LogP contribution in [0.5, 0.6) is 0 Å². The molecule has 9 aromatic rings. The molecule has 0 amide bonds. The fourth-order valence-corrected chi connectivity index (χ4v) is 9.04. The number of benzene rings is 9. The summed E-state index contributed by atoms with van der Waals surface area (Å²) in [6.45, 7) is 0. The Balaban J connectivity index is 1.32. The first-order chi connectivity index (χ1) is 29.2. The van der Waals surface area contributed by atoms with Gasteiger partial charge in [-0.25, -0.2) is 0 Å². The molecule has 0 radical (unpaired) electrons. The molecule has 59 heavy (non-hydrogen) atoms. The van der Waals surface area contributed by atoms with E-state index in [0.29, 0.717) is 11.1 Å². The predicted octanol–water partition coefficient (Wildman–Crippen LogP) is 13.9. The first-order valence-corrected chi connectivity index (χ1v) is 19.7. The number of hydrogen-bond donors (Lipinski definition) is 0. The van der Waals surface area contributed by atoms with Crippen LogP contribution in [0.3, 0.4) is 0 Å². The summed E-state index contributed by atoms with van der Waals surface area (Å²) >= 11 is 0. The van der Waals surface area contributed by atoms with E-state index in [-0.39, 0.29) is 0 Å². The van der Waals surface area contributed by atoms with Crippen LogP contribution in [0.1, 0.15) is 33.4 Å². The Labute approximate surface area is 344 Å². The maximum absolute atomic E-state index is 9.75. The number of nitriles is 2. The molecule has 0 unspecified atom stereocenters. The SMILES string of the molecule is N#Cc1ccc(N(c2ccc(C#N)cc2)c2cc3c(c4ccccc24)-c2ccc(N(c4ccccc4)c4ccccc4)cc2C3(c2ccccc2)c2ccccc2)cc1. The van der Waals surface area contributed by atoms with Crippen molar-refractivity contribution in [3.8, 4) is 23.3 Å². The first-order valence-electron chi connectivity index (χ1n) is 19.7. The average Bonchev–Trinajstić information content (AvgIpc) is 3.61. The molecule has 0 fully saturated rings. The molecule has 0 heterocycles. The highest BCUT2D eigenvalue weighted by atomic mass is 15.1. The highest BCUT2D eigenvalue weighted by Gasteiger charge is 2.48. The summed E-state index contributed by atoms with van der Waals surface area (Å²) in [6, 6.07) is 81.0. The molecule has 4 heteroatoms. The Morgan fingerprint density at radius 3 is 1.27 bits per heavy atom. The molecule has 0 bridgehead atoms.